The van der Waals surface area contributed by atoms with E-state index >= 15 is 0 Å². The average molecular weight is 300 g/mol. The van der Waals surface area contributed by atoms with E-state index in [2.05, 4.69) is 21.9 Å². The number of carbonyl (C=O) groups excluding carboxylic acids is 1. The Bertz CT molecular complexity index is 549. The van der Waals surface area contributed by atoms with Gasteiger partial charge in [-0.25, -0.2) is 0 Å². The molecule has 0 unspecified atom stereocenters. The zero-order chi connectivity index (χ0) is 16.2. The molecule has 0 spiro atoms. The molecule has 0 heterocycles. The highest BCUT2D eigenvalue weighted by molar-refractivity contribution is 6.38. The third-order valence-electron chi connectivity index (χ3n) is 3.09. The number of nitrogens with zero attached hydrogens (tertiary/aromatic N) is 2. The monoisotopic (exact) mass is 300 g/mol. The molecule has 0 radical (unpaired) electrons. The standard InChI is InChI=1S/C17H24N4O/c1-3-20-16(15-9-5-4-8-14(15)2)12-19-13-21-17(22)10-6-7-11-18/h3-5,8-9,12H,1,6-7,10-11,13,18H2,2H3,(H,21,22). The molecule has 1 amide bonds. The van der Waals surface area contributed by atoms with Crippen LogP contribution in [0.15, 0.2) is 47.0 Å². The van der Waals surface area contributed by atoms with Gasteiger partial charge in [0, 0.05) is 24.4 Å². The quantitative estimate of drug-likeness (QED) is 0.541. The van der Waals surface area contributed by atoms with Crippen molar-refractivity contribution in [2.75, 3.05) is 13.2 Å². The van der Waals surface area contributed by atoms with Gasteiger partial charge in [0.2, 0.25) is 5.91 Å². The van der Waals surface area contributed by atoms with Crippen molar-refractivity contribution in [1.29, 1.82) is 0 Å². The number of benzene rings is 1. The number of aliphatic imine (C=N–C) groups is 2. The Morgan fingerprint density at radius 2 is 2.14 bits per heavy atom. The van der Waals surface area contributed by atoms with Gasteiger partial charge in [-0.15, -0.1) is 0 Å². The molecule has 0 aliphatic carbocycles. The molecule has 0 bridgehead atoms. The summed E-state index contributed by atoms with van der Waals surface area (Å²) in [7, 11) is 0. The molecule has 0 aromatic heterocycles. The molecule has 0 aliphatic rings. The van der Waals surface area contributed by atoms with Crippen molar-refractivity contribution in [2.24, 2.45) is 15.7 Å². The topological polar surface area (TPSA) is 79.8 Å². The van der Waals surface area contributed by atoms with Crippen LogP contribution in [0, 0.1) is 6.92 Å². The largest absolute Gasteiger partial charge is 0.337 e. The lowest BCUT2D eigenvalue weighted by Crippen LogP contribution is -2.23. The maximum Gasteiger partial charge on any atom is 0.221 e. The van der Waals surface area contributed by atoms with Gasteiger partial charge in [0.05, 0.1) is 5.71 Å². The molecule has 3 N–H and O–H groups in total. The first kappa shape index (κ1) is 17.8. The van der Waals surface area contributed by atoms with Gasteiger partial charge >= 0.3 is 0 Å². The van der Waals surface area contributed by atoms with Crippen molar-refractivity contribution < 1.29 is 4.79 Å². The number of hydrogen-bond acceptors (Lipinski definition) is 4. The fraction of sp³-hybridized carbons (Fsp3) is 0.353. The van der Waals surface area contributed by atoms with Crippen molar-refractivity contribution in [3.05, 3.63) is 48.2 Å². The predicted octanol–water partition coefficient (Wildman–Crippen LogP) is 2.20. The van der Waals surface area contributed by atoms with Gasteiger partial charge in [-0.05, 0) is 31.9 Å². The molecule has 5 heteroatoms. The minimum Gasteiger partial charge on any atom is -0.337 e. The van der Waals surface area contributed by atoms with E-state index in [1.54, 1.807) is 6.21 Å². The summed E-state index contributed by atoms with van der Waals surface area (Å²) in [5.74, 6) is -0.0105. The third-order valence-corrected chi connectivity index (χ3v) is 3.09. The summed E-state index contributed by atoms with van der Waals surface area (Å²) in [4.78, 5) is 20.0. The van der Waals surface area contributed by atoms with Gasteiger partial charge < -0.3 is 11.1 Å². The van der Waals surface area contributed by atoms with Crippen LogP contribution in [0.4, 0.5) is 0 Å². The number of nitrogens with one attached hydrogen (secondary N) is 1. The summed E-state index contributed by atoms with van der Waals surface area (Å²) in [5.41, 5.74) is 8.23. The molecule has 1 aromatic rings. The SMILES string of the molecule is C=CN=C(C=NCNC(=O)CCCCN)c1ccccc1C. The third kappa shape index (κ3) is 6.45. The predicted molar refractivity (Wildman–Crippen MR) is 92.3 cm³/mol. The summed E-state index contributed by atoms with van der Waals surface area (Å²) in [6.45, 7) is 6.49. The molecule has 22 heavy (non-hydrogen) atoms. The number of hydrogen-bond donors (Lipinski definition) is 2. The molecule has 1 rings (SSSR count). The number of nitrogens with two attached hydrogens (primary N) is 1. The zero-order valence-electron chi connectivity index (χ0n) is 13.1. The van der Waals surface area contributed by atoms with Crippen LogP contribution >= 0.6 is 0 Å². The fourth-order valence-corrected chi connectivity index (χ4v) is 1.92. The molecule has 5 nitrogen and oxygen atoms in total. The van der Waals surface area contributed by atoms with Crippen molar-refractivity contribution >= 4 is 17.8 Å². The second-order valence-electron chi connectivity index (χ2n) is 4.83. The normalized spacial score (nSPS) is 11.6. The van der Waals surface area contributed by atoms with E-state index in [-0.39, 0.29) is 12.6 Å². The lowest BCUT2D eigenvalue weighted by atomic mass is 10.1. The maximum absolute atomic E-state index is 11.5. The van der Waals surface area contributed by atoms with Crippen molar-refractivity contribution in [1.82, 2.24) is 5.32 Å². The molecule has 0 atom stereocenters. The highest BCUT2D eigenvalue weighted by atomic mass is 16.1. The van der Waals surface area contributed by atoms with Gasteiger partial charge in [0.15, 0.2) is 0 Å². The molecule has 0 saturated carbocycles. The maximum atomic E-state index is 11.5. The van der Waals surface area contributed by atoms with E-state index in [0.29, 0.717) is 13.0 Å². The van der Waals surface area contributed by atoms with Gasteiger partial charge in [-0.2, -0.15) is 0 Å². The number of unbranched alkanes of at least 4 members (excludes halogenated alkanes) is 1. The van der Waals surface area contributed by atoms with Crippen LogP contribution in [0.3, 0.4) is 0 Å². The Morgan fingerprint density at radius 1 is 1.36 bits per heavy atom. The van der Waals surface area contributed by atoms with Crippen molar-refractivity contribution in [3.8, 4) is 0 Å². The van der Waals surface area contributed by atoms with E-state index < -0.39 is 0 Å². The second-order valence-corrected chi connectivity index (χ2v) is 4.83. The Hall–Kier alpha value is -2.27. The minimum absolute atomic E-state index is 0.0105. The van der Waals surface area contributed by atoms with Gasteiger partial charge in [-0.1, -0.05) is 30.8 Å². The average Bonchev–Trinajstić information content (AvgIpc) is 2.51. The lowest BCUT2D eigenvalue weighted by molar-refractivity contribution is -0.121. The summed E-state index contributed by atoms with van der Waals surface area (Å²) in [6, 6.07) is 7.92. The van der Waals surface area contributed by atoms with E-state index in [9.17, 15) is 4.79 Å². The molecule has 118 valence electrons. The van der Waals surface area contributed by atoms with Gasteiger partial charge in [0.25, 0.3) is 0 Å². The van der Waals surface area contributed by atoms with Crippen LogP contribution in [0.25, 0.3) is 0 Å². The van der Waals surface area contributed by atoms with E-state index in [1.165, 1.54) is 6.20 Å². The molecule has 0 fully saturated rings. The zero-order valence-corrected chi connectivity index (χ0v) is 13.1. The molecular weight excluding hydrogens is 276 g/mol. The smallest absolute Gasteiger partial charge is 0.221 e. The summed E-state index contributed by atoms with van der Waals surface area (Å²) >= 11 is 0. The first-order valence-corrected chi connectivity index (χ1v) is 7.40. The van der Waals surface area contributed by atoms with E-state index in [1.807, 2.05) is 31.2 Å². The van der Waals surface area contributed by atoms with E-state index in [4.69, 9.17) is 5.73 Å². The highest BCUT2D eigenvalue weighted by Gasteiger charge is 2.03. The number of carbonyl (C=O) groups is 1. The van der Waals surface area contributed by atoms with Gasteiger partial charge in [0.1, 0.15) is 6.67 Å². The Balaban J connectivity index is 2.55. The Kier molecular flexibility index (Phi) is 8.45. The Labute approximate surface area is 132 Å². The van der Waals surface area contributed by atoms with Crippen LogP contribution in [-0.2, 0) is 4.79 Å². The first-order valence-electron chi connectivity index (χ1n) is 7.40. The molecule has 1 aromatic carbocycles. The summed E-state index contributed by atoms with van der Waals surface area (Å²) in [6.07, 6.45) is 5.29. The second kappa shape index (κ2) is 10.5. The Morgan fingerprint density at radius 3 is 2.82 bits per heavy atom. The van der Waals surface area contributed by atoms with Crippen molar-refractivity contribution in [3.63, 3.8) is 0 Å². The number of rotatable bonds is 9. The molecule has 0 aliphatic heterocycles. The first-order chi connectivity index (χ1) is 10.7. The summed E-state index contributed by atoms with van der Waals surface area (Å²) < 4.78 is 0. The van der Waals surface area contributed by atoms with Crippen LogP contribution < -0.4 is 11.1 Å². The fourth-order valence-electron chi connectivity index (χ4n) is 1.92. The van der Waals surface area contributed by atoms with Crippen molar-refractivity contribution in [2.45, 2.75) is 26.2 Å². The van der Waals surface area contributed by atoms with Crippen LogP contribution in [0.2, 0.25) is 0 Å². The molecular formula is C17H24N4O. The lowest BCUT2D eigenvalue weighted by Gasteiger charge is -2.05. The molecule has 0 saturated heterocycles. The number of aryl methyl sites for hydroxylation is 1. The van der Waals surface area contributed by atoms with Crippen LogP contribution in [0.1, 0.15) is 30.4 Å². The minimum atomic E-state index is -0.0105. The number of amides is 1. The van der Waals surface area contributed by atoms with E-state index in [0.717, 1.165) is 29.7 Å². The highest BCUT2D eigenvalue weighted by Crippen LogP contribution is 2.08. The van der Waals surface area contributed by atoms with Gasteiger partial charge in [-0.3, -0.25) is 14.8 Å². The summed E-state index contributed by atoms with van der Waals surface area (Å²) in [5, 5.41) is 2.75. The van der Waals surface area contributed by atoms with Crippen LogP contribution in [0.5, 0.6) is 0 Å². The van der Waals surface area contributed by atoms with Crippen LogP contribution in [-0.4, -0.2) is 31.0 Å².